The van der Waals surface area contributed by atoms with Gasteiger partial charge in [-0.25, -0.2) is 0 Å². The van der Waals surface area contributed by atoms with Gasteiger partial charge < -0.3 is 10.3 Å². The lowest BCUT2D eigenvalue weighted by molar-refractivity contribution is -0.137. The molecular weight excluding hydrogens is 409 g/mol. The van der Waals surface area contributed by atoms with Gasteiger partial charge in [0.05, 0.1) is 22.5 Å². The number of hydrogen-bond donors (Lipinski definition) is 2. The van der Waals surface area contributed by atoms with Gasteiger partial charge in [0.25, 0.3) is 5.91 Å². The number of rotatable bonds is 3. The second kappa shape index (κ2) is 7.42. The van der Waals surface area contributed by atoms with E-state index in [9.17, 15) is 22.8 Å². The third-order valence-corrected chi connectivity index (χ3v) is 4.85. The Morgan fingerprint density at radius 2 is 1.84 bits per heavy atom. The summed E-state index contributed by atoms with van der Waals surface area (Å²) in [4.78, 5) is 28.4. The lowest BCUT2D eigenvalue weighted by atomic mass is 10.1. The maximum absolute atomic E-state index is 13.1. The summed E-state index contributed by atoms with van der Waals surface area (Å²) >= 11 is 0. The molecule has 1 amide bonds. The number of carbonyl (C=O) groups excluding carboxylic acids is 1. The molecule has 0 radical (unpaired) electrons. The molecule has 158 valence electrons. The van der Waals surface area contributed by atoms with Gasteiger partial charge in [0.15, 0.2) is 5.43 Å². The Labute approximate surface area is 174 Å². The van der Waals surface area contributed by atoms with Gasteiger partial charge >= 0.3 is 6.18 Å². The zero-order valence-corrected chi connectivity index (χ0v) is 16.5. The van der Waals surface area contributed by atoms with Crippen LogP contribution in [0.5, 0.6) is 0 Å². The Bertz CT molecular complexity index is 1370. The molecule has 0 aliphatic heterocycles. The number of halogens is 3. The number of hydrogen-bond acceptors (Lipinski definition) is 3. The molecule has 4 aromatic rings. The number of carbonyl (C=O) groups is 1. The highest BCUT2D eigenvalue weighted by Crippen LogP contribution is 2.32. The van der Waals surface area contributed by atoms with Crippen molar-refractivity contribution < 1.29 is 18.0 Å². The average Bonchev–Trinajstić information content (AvgIpc) is 3.06. The molecular formula is C22H17F3N4O2. The molecule has 0 aliphatic rings. The molecule has 31 heavy (non-hydrogen) atoms. The number of amides is 1. The van der Waals surface area contributed by atoms with Crippen LogP contribution in [0.4, 0.5) is 18.9 Å². The van der Waals surface area contributed by atoms with E-state index in [1.165, 1.54) is 22.9 Å². The van der Waals surface area contributed by atoms with Crippen molar-refractivity contribution in [1.82, 2.24) is 14.8 Å². The number of pyridine rings is 1. The van der Waals surface area contributed by atoms with Crippen LogP contribution in [0, 0.1) is 6.92 Å². The van der Waals surface area contributed by atoms with Crippen molar-refractivity contribution in [2.24, 2.45) is 7.05 Å². The van der Waals surface area contributed by atoms with Crippen LogP contribution in [0.3, 0.4) is 0 Å². The monoisotopic (exact) mass is 426 g/mol. The maximum atomic E-state index is 13.1. The Morgan fingerprint density at radius 1 is 1.10 bits per heavy atom. The third-order valence-electron chi connectivity index (χ3n) is 4.85. The van der Waals surface area contributed by atoms with Crippen molar-refractivity contribution in [3.05, 3.63) is 81.8 Å². The first-order chi connectivity index (χ1) is 14.6. The Kier molecular flexibility index (Phi) is 4.88. The summed E-state index contributed by atoms with van der Waals surface area (Å²) in [5.74, 6) is -0.430. The van der Waals surface area contributed by atoms with Gasteiger partial charge in [-0.05, 0) is 42.8 Å². The van der Waals surface area contributed by atoms with E-state index in [0.717, 1.165) is 12.1 Å². The lowest BCUT2D eigenvalue weighted by Gasteiger charge is -2.12. The van der Waals surface area contributed by atoms with Crippen LogP contribution in [0.2, 0.25) is 0 Å². The van der Waals surface area contributed by atoms with Gasteiger partial charge in [0, 0.05) is 24.2 Å². The lowest BCUT2D eigenvalue weighted by Crippen LogP contribution is -2.17. The average molecular weight is 426 g/mol. The molecule has 0 aliphatic carbocycles. The van der Waals surface area contributed by atoms with Crippen LogP contribution < -0.4 is 10.7 Å². The normalized spacial score (nSPS) is 11.6. The summed E-state index contributed by atoms with van der Waals surface area (Å²) in [6.07, 6.45) is -4.51. The Balaban J connectivity index is 1.81. The van der Waals surface area contributed by atoms with Gasteiger partial charge in [0.2, 0.25) is 0 Å². The fourth-order valence-corrected chi connectivity index (χ4v) is 3.40. The van der Waals surface area contributed by atoms with Crippen molar-refractivity contribution in [1.29, 1.82) is 0 Å². The standard InChI is InChI=1S/C22H17F3N4O2/c1-12-9-18(29(2)28-12)21(31)27-16-8-4-7-15-19(30)11-17(26-20(15)16)13-5-3-6-14(10-13)22(23,24)25/h3-11H,1-2H3,(H,26,30)(H,27,31). The number of para-hydroxylation sites is 1. The van der Waals surface area contributed by atoms with E-state index in [-0.39, 0.29) is 16.7 Å². The number of alkyl halides is 3. The molecule has 4 rings (SSSR count). The quantitative estimate of drug-likeness (QED) is 0.506. The van der Waals surface area contributed by atoms with Gasteiger partial charge in [0.1, 0.15) is 5.69 Å². The van der Waals surface area contributed by atoms with Crippen molar-refractivity contribution in [3.63, 3.8) is 0 Å². The first kappa shape index (κ1) is 20.4. The van der Waals surface area contributed by atoms with E-state index in [4.69, 9.17) is 0 Å². The summed E-state index contributed by atoms with van der Waals surface area (Å²) in [5.41, 5.74) is 0.852. The van der Waals surface area contributed by atoms with Crippen LogP contribution in [0.25, 0.3) is 22.2 Å². The fraction of sp³-hybridized carbons (Fsp3) is 0.136. The number of aromatic nitrogens is 3. The molecule has 0 fully saturated rings. The van der Waals surface area contributed by atoms with Gasteiger partial charge in [-0.3, -0.25) is 14.3 Å². The first-order valence-corrected chi connectivity index (χ1v) is 9.29. The molecule has 0 spiro atoms. The summed E-state index contributed by atoms with van der Waals surface area (Å²) in [5, 5.41) is 7.19. The van der Waals surface area contributed by atoms with Gasteiger partial charge in [-0.15, -0.1) is 0 Å². The summed E-state index contributed by atoms with van der Waals surface area (Å²) in [7, 11) is 1.64. The van der Waals surface area contributed by atoms with Crippen LogP contribution in [0.15, 0.2) is 59.4 Å². The van der Waals surface area contributed by atoms with Crippen LogP contribution in [-0.4, -0.2) is 20.7 Å². The third kappa shape index (κ3) is 3.94. The van der Waals surface area contributed by atoms with Crippen molar-refractivity contribution >= 4 is 22.5 Å². The maximum Gasteiger partial charge on any atom is 0.416 e. The highest BCUT2D eigenvalue weighted by atomic mass is 19.4. The highest BCUT2D eigenvalue weighted by molar-refractivity contribution is 6.07. The molecule has 6 nitrogen and oxygen atoms in total. The molecule has 0 unspecified atom stereocenters. The number of benzene rings is 2. The van der Waals surface area contributed by atoms with E-state index in [1.54, 1.807) is 38.2 Å². The van der Waals surface area contributed by atoms with Crippen molar-refractivity contribution in [3.8, 4) is 11.3 Å². The molecule has 2 heterocycles. The van der Waals surface area contributed by atoms with Crippen LogP contribution in [0.1, 0.15) is 21.7 Å². The zero-order chi connectivity index (χ0) is 22.3. The molecule has 0 bridgehead atoms. The predicted octanol–water partition coefficient (Wildman–Crippen LogP) is 4.51. The summed E-state index contributed by atoms with van der Waals surface area (Å²) in [6, 6.07) is 12.4. The highest BCUT2D eigenvalue weighted by Gasteiger charge is 2.30. The molecule has 0 atom stereocenters. The van der Waals surface area contributed by atoms with Gasteiger partial charge in [-0.2, -0.15) is 18.3 Å². The number of H-pyrrole nitrogens is 1. The molecule has 2 N–H and O–H groups in total. The minimum atomic E-state index is -4.51. The number of nitrogens with zero attached hydrogens (tertiary/aromatic N) is 2. The number of nitrogens with one attached hydrogen (secondary N) is 2. The molecule has 9 heteroatoms. The molecule has 0 saturated carbocycles. The first-order valence-electron chi connectivity index (χ1n) is 9.29. The van der Waals surface area contributed by atoms with E-state index in [2.05, 4.69) is 15.4 Å². The fourth-order valence-electron chi connectivity index (χ4n) is 3.40. The number of anilines is 1. The van der Waals surface area contributed by atoms with E-state index in [1.807, 2.05) is 0 Å². The second-order valence-corrected chi connectivity index (χ2v) is 7.10. The minimum Gasteiger partial charge on any atom is -0.353 e. The number of aromatic amines is 1. The van der Waals surface area contributed by atoms with Crippen LogP contribution in [-0.2, 0) is 13.2 Å². The number of aryl methyl sites for hydroxylation is 2. The molecule has 2 aromatic heterocycles. The zero-order valence-electron chi connectivity index (χ0n) is 16.5. The SMILES string of the molecule is Cc1cc(C(=O)Nc2cccc3c(=O)cc(-c4cccc(C(F)(F)F)c4)[nH]c23)n(C)n1. The summed E-state index contributed by atoms with van der Waals surface area (Å²) in [6.45, 7) is 1.76. The summed E-state index contributed by atoms with van der Waals surface area (Å²) < 4.78 is 40.7. The smallest absolute Gasteiger partial charge is 0.353 e. The minimum absolute atomic E-state index is 0.206. The van der Waals surface area contributed by atoms with E-state index < -0.39 is 17.6 Å². The van der Waals surface area contributed by atoms with Gasteiger partial charge in [-0.1, -0.05) is 18.2 Å². The molecule has 2 aromatic carbocycles. The second-order valence-electron chi connectivity index (χ2n) is 7.10. The van der Waals surface area contributed by atoms with E-state index >= 15 is 0 Å². The predicted molar refractivity (Wildman–Crippen MR) is 111 cm³/mol. The Hall–Kier alpha value is -3.88. The Morgan fingerprint density at radius 3 is 2.52 bits per heavy atom. The van der Waals surface area contributed by atoms with Crippen molar-refractivity contribution in [2.75, 3.05) is 5.32 Å². The molecule has 0 saturated heterocycles. The van der Waals surface area contributed by atoms with E-state index in [0.29, 0.717) is 28.0 Å². The largest absolute Gasteiger partial charge is 0.416 e. The topological polar surface area (TPSA) is 79.8 Å². The van der Waals surface area contributed by atoms with Crippen LogP contribution >= 0.6 is 0 Å². The number of fused-ring (bicyclic) bond motifs is 1. The van der Waals surface area contributed by atoms with Crippen molar-refractivity contribution in [2.45, 2.75) is 13.1 Å².